The molecule has 1 aliphatic carbocycles. The van der Waals surface area contributed by atoms with Crippen LogP contribution in [0.1, 0.15) is 35.9 Å². The lowest BCUT2D eigenvalue weighted by molar-refractivity contribution is 0.0892. The third-order valence-corrected chi connectivity index (χ3v) is 5.88. The van der Waals surface area contributed by atoms with Crippen molar-refractivity contribution in [3.8, 4) is 0 Å². The number of nitrogens with zero attached hydrogens (tertiary/aromatic N) is 2. The van der Waals surface area contributed by atoms with E-state index in [2.05, 4.69) is 9.97 Å². The molecule has 0 spiro atoms. The van der Waals surface area contributed by atoms with E-state index in [-0.39, 0.29) is 17.5 Å². The summed E-state index contributed by atoms with van der Waals surface area (Å²) in [6.07, 6.45) is 2.11. The van der Waals surface area contributed by atoms with Crippen molar-refractivity contribution in [3.63, 3.8) is 0 Å². The molecule has 2 aromatic rings. The average Bonchev–Trinajstić information content (AvgIpc) is 2.94. The molecule has 2 heterocycles. The first-order valence-corrected chi connectivity index (χ1v) is 9.15. The Labute approximate surface area is 159 Å². The number of fused-ring (bicyclic) bond motifs is 1. The van der Waals surface area contributed by atoms with Gasteiger partial charge in [0.05, 0.1) is 11.1 Å². The molecule has 28 heavy (non-hydrogen) atoms. The van der Waals surface area contributed by atoms with Gasteiger partial charge in [-0.2, -0.15) is 0 Å². The van der Waals surface area contributed by atoms with Gasteiger partial charge in [-0.3, -0.25) is 4.79 Å². The number of aromatic amines is 1. The number of rotatable bonds is 5. The minimum absolute atomic E-state index is 0.0111. The van der Waals surface area contributed by atoms with Crippen molar-refractivity contribution in [1.82, 2.24) is 14.9 Å². The van der Waals surface area contributed by atoms with Crippen molar-refractivity contribution in [3.05, 3.63) is 35.5 Å². The SMILES string of the molecule is CC1(C(=CN)c2nc3c(C(N)=O)cc(F)cc3[nH]2)CCN(CC2CC2(F)F)C1. The molecule has 150 valence electrons. The fraction of sp³-hybridized carbons (Fsp3) is 0.474. The molecule has 1 aromatic carbocycles. The molecule has 1 saturated heterocycles. The summed E-state index contributed by atoms with van der Waals surface area (Å²) in [5.41, 5.74) is 12.1. The summed E-state index contributed by atoms with van der Waals surface area (Å²) in [4.78, 5) is 21.1. The molecule has 9 heteroatoms. The van der Waals surface area contributed by atoms with Crippen molar-refractivity contribution in [2.75, 3.05) is 19.6 Å². The van der Waals surface area contributed by atoms with Gasteiger partial charge in [0, 0.05) is 42.6 Å². The van der Waals surface area contributed by atoms with Crippen LogP contribution in [0.3, 0.4) is 0 Å². The van der Waals surface area contributed by atoms with E-state index < -0.39 is 29.0 Å². The third-order valence-electron chi connectivity index (χ3n) is 5.88. The molecule has 1 aromatic heterocycles. The summed E-state index contributed by atoms with van der Waals surface area (Å²) < 4.78 is 40.3. The van der Waals surface area contributed by atoms with E-state index in [0.717, 1.165) is 12.5 Å². The van der Waals surface area contributed by atoms with Gasteiger partial charge >= 0.3 is 0 Å². The molecule has 2 unspecified atom stereocenters. The molecule has 0 radical (unpaired) electrons. The topological polar surface area (TPSA) is 101 Å². The molecule has 1 amide bonds. The van der Waals surface area contributed by atoms with Crippen molar-refractivity contribution < 1.29 is 18.0 Å². The van der Waals surface area contributed by atoms with Crippen LogP contribution in [-0.4, -0.2) is 46.3 Å². The summed E-state index contributed by atoms with van der Waals surface area (Å²) in [6.45, 7) is 3.61. The maximum absolute atomic E-state index is 13.8. The Hall–Kier alpha value is -2.55. The fourth-order valence-electron chi connectivity index (χ4n) is 4.18. The van der Waals surface area contributed by atoms with Gasteiger partial charge in [0.15, 0.2) is 0 Å². The summed E-state index contributed by atoms with van der Waals surface area (Å²) in [6, 6.07) is 2.29. The van der Waals surface area contributed by atoms with Crippen LogP contribution in [0.15, 0.2) is 18.3 Å². The zero-order valence-electron chi connectivity index (χ0n) is 15.4. The van der Waals surface area contributed by atoms with E-state index in [1.165, 1.54) is 12.3 Å². The predicted octanol–water partition coefficient (Wildman–Crippen LogP) is 2.47. The Kier molecular flexibility index (Phi) is 4.18. The summed E-state index contributed by atoms with van der Waals surface area (Å²) >= 11 is 0. The van der Waals surface area contributed by atoms with Crippen molar-refractivity contribution >= 4 is 22.5 Å². The van der Waals surface area contributed by atoms with Crippen LogP contribution in [0, 0.1) is 17.2 Å². The van der Waals surface area contributed by atoms with Crippen molar-refractivity contribution in [2.45, 2.75) is 25.7 Å². The quantitative estimate of drug-likeness (QED) is 0.726. The van der Waals surface area contributed by atoms with Gasteiger partial charge in [-0.15, -0.1) is 0 Å². The maximum Gasteiger partial charge on any atom is 0.252 e. The predicted molar refractivity (Wildman–Crippen MR) is 99.0 cm³/mol. The van der Waals surface area contributed by atoms with E-state index in [9.17, 15) is 18.0 Å². The number of likely N-dealkylation sites (tertiary alicyclic amines) is 1. The van der Waals surface area contributed by atoms with Crippen LogP contribution in [0.25, 0.3) is 16.6 Å². The number of alkyl halides is 2. The van der Waals surface area contributed by atoms with Gasteiger partial charge in [-0.05, 0) is 25.1 Å². The van der Waals surface area contributed by atoms with E-state index in [4.69, 9.17) is 11.5 Å². The van der Waals surface area contributed by atoms with Gasteiger partial charge < -0.3 is 21.4 Å². The van der Waals surface area contributed by atoms with Crippen LogP contribution in [0.4, 0.5) is 13.2 Å². The molecule has 0 bridgehead atoms. The van der Waals surface area contributed by atoms with E-state index in [1.54, 1.807) is 0 Å². The van der Waals surface area contributed by atoms with E-state index in [1.807, 2.05) is 11.8 Å². The van der Waals surface area contributed by atoms with Crippen LogP contribution >= 0.6 is 0 Å². The molecule has 2 fully saturated rings. The maximum atomic E-state index is 13.8. The molecule has 6 nitrogen and oxygen atoms in total. The molecular weight excluding hydrogens is 371 g/mol. The molecule has 2 atom stereocenters. The second-order valence-corrected chi connectivity index (χ2v) is 8.09. The Bertz CT molecular complexity index is 985. The zero-order chi connectivity index (χ0) is 20.3. The van der Waals surface area contributed by atoms with Crippen LogP contribution < -0.4 is 11.5 Å². The number of hydrogen-bond acceptors (Lipinski definition) is 4. The number of nitrogens with two attached hydrogens (primary N) is 2. The van der Waals surface area contributed by atoms with Crippen molar-refractivity contribution in [1.29, 1.82) is 0 Å². The number of benzene rings is 1. The number of nitrogens with one attached hydrogen (secondary N) is 1. The summed E-state index contributed by atoms with van der Waals surface area (Å²) in [5.74, 6) is -4.07. The van der Waals surface area contributed by atoms with Gasteiger partial charge in [0.1, 0.15) is 17.2 Å². The highest BCUT2D eigenvalue weighted by molar-refractivity contribution is 6.04. The smallest absolute Gasteiger partial charge is 0.252 e. The Morgan fingerprint density at radius 3 is 2.79 bits per heavy atom. The number of carbonyl (C=O) groups excluding carboxylic acids is 1. The standard InChI is InChI=1S/C19H22F3N5O/c1-18(2-3-27(9-18)8-10-6-19(10,21)22)13(7-23)17-25-14-5-11(20)4-12(16(24)28)15(14)26-17/h4-5,7,10H,2-3,6,8-9,23H2,1H3,(H2,24,28)(H,25,26). The third kappa shape index (κ3) is 3.13. The lowest BCUT2D eigenvalue weighted by Crippen LogP contribution is -2.29. The summed E-state index contributed by atoms with van der Waals surface area (Å²) in [5, 5.41) is 0. The highest BCUT2D eigenvalue weighted by Gasteiger charge is 2.57. The number of primary amides is 1. The number of imidazole rings is 1. The number of carbonyl (C=O) groups is 1. The number of halogens is 3. The monoisotopic (exact) mass is 393 g/mol. The molecular formula is C19H22F3N5O. The zero-order valence-corrected chi connectivity index (χ0v) is 15.4. The lowest BCUT2D eigenvalue weighted by Gasteiger charge is -2.26. The first-order valence-electron chi connectivity index (χ1n) is 9.15. The van der Waals surface area contributed by atoms with Crippen molar-refractivity contribution in [2.24, 2.45) is 22.8 Å². The molecule has 5 N–H and O–H groups in total. The normalized spacial score (nSPS) is 27.4. The van der Waals surface area contributed by atoms with Gasteiger partial charge in [-0.25, -0.2) is 18.2 Å². The second-order valence-electron chi connectivity index (χ2n) is 8.09. The lowest BCUT2D eigenvalue weighted by atomic mass is 9.81. The van der Waals surface area contributed by atoms with Crippen LogP contribution in [-0.2, 0) is 0 Å². The highest BCUT2D eigenvalue weighted by Crippen LogP contribution is 2.50. The Morgan fingerprint density at radius 1 is 1.46 bits per heavy atom. The Morgan fingerprint density at radius 2 is 2.18 bits per heavy atom. The molecule has 4 rings (SSSR count). The van der Waals surface area contributed by atoms with Crippen LogP contribution in [0.5, 0.6) is 0 Å². The molecule has 1 aliphatic heterocycles. The minimum atomic E-state index is -2.54. The van der Waals surface area contributed by atoms with E-state index >= 15 is 0 Å². The first kappa shape index (κ1) is 18.8. The number of aromatic nitrogens is 2. The Balaban J connectivity index is 1.62. The van der Waals surface area contributed by atoms with Gasteiger partial charge in [0.25, 0.3) is 11.8 Å². The largest absolute Gasteiger partial charge is 0.404 e. The number of hydrogen-bond donors (Lipinski definition) is 3. The number of H-pyrrole nitrogens is 1. The van der Waals surface area contributed by atoms with E-state index in [0.29, 0.717) is 36.5 Å². The summed E-state index contributed by atoms with van der Waals surface area (Å²) in [7, 11) is 0. The average molecular weight is 393 g/mol. The second kappa shape index (κ2) is 6.23. The van der Waals surface area contributed by atoms with Crippen LogP contribution in [0.2, 0.25) is 0 Å². The molecule has 1 saturated carbocycles. The fourth-order valence-corrected chi connectivity index (χ4v) is 4.18. The first-order chi connectivity index (χ1) is 13.1. The number of amides is 1. The van der Waals surface area contributed by atoms with Gasteiger partial charge in [0.2, 0.25) is 0 Å². The minimum Gasteiger partial charge on any atom is -0.404 e. The van der Waals surface area contributed by atoms with Gasteiger partial charge in [-0.1, -0.05) is 6.92 Å². The molecule has 2 aliphatic rings. The highest BCUT2D eigenvalue weighted by atomic mass is 19.3.